The van der Waals surface area contributed by atoms with E-state index in [0.717, 1.165) is 86.9 Å². The van der Waals surface area contributed by atoms with Crippen LogP contribution in [-0.4, -0.2) is 11.9 Å². The van der Waals surface area contributed by atoms with Crippen LogP contribution in [0.15, 0.2) is 170 Å². The topological polar surface area (TPSA) is 52.6 Å². The lowest BCUT2D eigenvalue weighted by Gasteiger charge is -2.23. The van der Waals surface area contributed by atoms with Gasteiger partial charge in [-0.25, -0.2) is 9.59 Å². The van der Waals surface area contributed by atoms with Gasteiger partial charge in [-0.15, -0.1) is 0 Å². The van der Waals surface area contributed by atoms with Gasteiger partial charge in [0.1, 0.15) is 11.5 Å². The van der Waals surface area contributed by atoms with Crippen LogP contribution in [0, 0.1) is 13.8 Å². The largest absolute Gasteiger partial charge is 0.422 e. The minimum atomic E-state index is -0.416. The third-order valence-corrected chi connectivity index (χ3v) is 11.0. The summed E-state index contributed by atoms with van der Waals surface area (Å²) >= 11 is 0. The SMILES string of the molecule is Cc1cccc2c(OC(=O)c3ccc4ccccc4c3)c3ccccc3c(-c3c4ccccc4c(OC(=O)c4ccc5ccccc5c4)c4cccc(C)c34)c12. The quantitative estimate of drug-likeness (QED) is 0.101. The molecule has 56 heavy (non-hydrogen) atoms. The molecule has 0 radical (unpaired) electrons. The highest BCUT2D eigenvalue weighted by molar-refractivity contribution is 6.28. The van der Waals surface area contributed by atoms with Gasteiger partial charge in [-0.05, 0) is 103 Å². The van der Waals surface area contributed by atoms with Gasteiger partial charge >= 0.3 is 11.9 Å². The molecule has 0 heterocycles. The summed E-state index contributed by atoms with van der Waals surface area (Å²) in [5.41, 5.74) is 5.12. The lowest BCUT2D eigenvalue weighted by Crippen LogP contribution is -2.10. The summed E-state index contributed by atoms with van der Waals surface area (Å²) in [6.07, 6.45) is 0. The van der Waals surface area contributed by atoms with Crippen molar-refractivity contribution >= 4 is 76.6 Å². The number of esters is 2. The van der Waals surface area contributed by atoms with Crippen molar-refractivity contribution in [3.63, 3.8) is 0 Å². The Morgan fingerprint density at radius 2 is 0.714 bits per heavy atom. The molecule has 0 spiro atoms. The molecule has 10 rings (SSSR count). The van der Waals surface area contributed by atoms with Crippen molar-refractivity contribution in [3.8, 4) is 22.6 Å². The van der Waals surface area contributed by atoms with Gasteiger partial charge in [0.05, 0.1) is 11.1 Å². The molecule has 0 aliphatic carbocycles. The predicted molar refractivity (Wildman–Crippen MR) is 229 cm³/mol. The lowest BCUT2D eigenvalue weighted by molar-refractivity contribution is 0.0730. The van der Waals surface area contributed by atoms with E-state index >= 15 is 0 Å². The number of ether oxygens (including phenoxy) is 2. The maximum atomic E-state index is 14.0. The fourth-order valence-corrected chi connectivity index (χ4v) is 8.41. The molecule has 10 aromatic carbocycles. The minimum Gasteiger partial charge on any atom is -0.422 e. The van der Waals surface area contributed by atoms with Crippen LogP contribution in [0.3, 0.4) is 0 Å². The van der Waals surface area contributed by atoms with Crippen molar-refractivity contribution in [2.75, 3.05) is 0 Å². The Bertz CT molecular complexity index is 3050. The van der Waals surface area contributed by atoms with E-state index < -0.39 is 11.9 Å². The van der Waals surface area contributed by atoms with E-state index in [0.29, 0.717) is 22.6 Å². The standard InChI is InChI=1S/C52H34O4/c1-31-13-11-23-43-45(31)47(39-19-7-9-21-41(39)49(43)55-51(53)37-27-25-33-15-3-5-17-35(33)29-37)48-40-20-8-10-22-42(40)50(44-24-12-14-32(2)46(44)48)56-52(54)38-28-26-34-16-4-6-18-36(34)30-38/h3-30H,1-2H3. The zero-order valence-electron chi connectivity index (χ0n) is 30.8. The second-order valence-corrected chi connectivity index (χ2v) is 14.4. The molecule has 0 unspecified atom stereocenters. The highest BCUT2D eigenvalue weighted by atomic mass is 16.5. The molecule has 4 heteroatoms. The molecule has 4 nitrogen and oxygen atoms in total. The Labute approximate surface area is 323 Å². The molecular weight excluding hydrogens is 689 g/mol. The van der Waals surface area contributed by atoms with Crippen LogP contribution in [0.2, 0.25) is 0 Å². The van der Waals surface area contributed by atoms with E-state index in [1.54, 1.807) is 0 Å². The van der Waals surface area contributed by atoms with Crippen LogP contribution in [0.25, 0.3) is 75.8 Å². The van der Waals surface area contributed by atoms with Gasteiger partial charge in [0, 0.05) is 21.5 Å². The molecule has 266 valence electrons. The summed E-state index contributed by atoms with van der Waals surface area (Å²) in [5, 5.41) is 11.3. The highest BCUT2D eigenvalue weighted by Crippen LogP contribution is 2.51. The number of rotatable bonds is 5. The van der Waals surface area contributed by atoms with Crippen molar-refractivity contribution in [3.05, 3.63) is 192 Å². The summed E-state index contributed by atoms with van der Waals surface area (Å²) < 4.78 is 12.9. The van der Waals surface area contributed by atoms with Gasteiger partial charge < -0.3 is 9.47 Å². The summed E-state index contributed by atoms with van der Waals surface area (Å²) in [6.45, 7) is 4.21. The van der Waals surface area contributed by atoms with Gasteiger partial charge in [-0.2, -0.15) is 0 Å². The molecule has 0 N–H and O–H groups in total. The first-order valence-electron chi connectivity index (χ1n) is 18.7. The van der Waals surface area contributed by atoms with Crippen molar-refractivity contribution < 1.29 is 19.1 Å². The van der Waals surface area contributed by atoms with Crippen LogP contribution >= 0.6 is 0 Å². The normalized spacial score (nSPS) is 11.5. The van der Waals surface area contributed by atoms with E-state index in [1.807, 2.05) is 146 Å². The van der Waals surface area contributed by atoms with Crippen molar-refractivity contribution in [2.45, 2.75) is 13.8 Å². The summed E-state index contributed by atoms with van der Waals surface area (Å²) in [7, 11) is 0. The van der Waals surface area contributed by atoms with Crippen molar-refractivity contribution in [1.29, 1.82) is 0 Å². The smallest absolute Gasteiger partial charge is 0.343 e. The minimum absolute atomic E-state index is 0.416. The van der Waals surface area contributed by atoms with Crippen LogP contribution in [-0.2, 0) is 0 Å². The summed E-state index contributed by atoms with van der Waals surface area (Å²) in [4.78, 5) is 28.0. The number of aryl methyl sites for hydroxylation is 2. The van der Waals surface area contributed by atoms with E-state index in [4.69, 9.17) is 9.47 Å². The number of carbonyl (C=O) groups is 2. The molecule has 0 fully saturated rings. The fraction of sp³-hybridized carbons (Fsp3) is 0.0385. The molecule has 0 aromatic heterocycles. The third kappa shape index (κ3) is 5.38. The van der Waals surface area contributed by atoms with Crippen LogP contribution < -0.4 is 9.47 Å². The third-order valence-electron chi connectivity index (χ3n) is 11.0. The fourth-order valence-electron chi connectivity index (χ4n) is 8.41. The molecule has 0 amide bonds. The van der Waals surface area contributed by atoms with Crippen LogP contribution in [0.5, 0.6) is 11.5 Å². The monoisotopic (exact) mass is 722 g/mol. The number of carbonyl (C=O) groups excluding carboxylic acids is 2. The zero-order chi connectivity index (χ0) is 37.9. The Morgan fingerprint density at radius 3 is 1.14 bits per heavy atom. The number of hydrogen-bond acceptors (Lipinski definition) is 4. The zero-order valence-corrected chi connectivity index (χ0v) is 30.8. The van der Waals surface area contributed by atoms with E-state index in [-0.39, 0.29) is 0 Å². The van der Waals surface area contributed by atoms with Crippen LogP contribution in [0.1, 0.15) is 31.8 Å². The average molecular weight is 723 g/mol. The first-order chi connectivity index (χ1) is 27.4. The average Bonchev–Trinajstić information content (AvgIpc) is 3.24. The Morgan fingerprint density at radius 1 is 0.357 bits per heavy atom. The molecule has 0 atom stereocenters. The number of hydrogen-bond donors (Lipinski definition) is 0. The summed E-state index contributed by atoms with van der Waals surface area (Å²) in [5.74, 6) is 0.210. The molecule has 0 saturated heterocycles. The van der Waals surface area contributed by atoms with Gasteiger partial charge in [0.15, 0.2) is 0 Å². The molecule has 0 aliphatic heterocycles. The van der Waals surface area contributed by atoms with Gasteiger partial charge in [-0.1, -0.05) is 146 Å². The Balaban J connectivity index is 1.21. The second-order valence-electron chi connectivity index (χ2n) is 14.4. The summed E-state index contributed by atoms with van der Waals surface area (Å²) in [6, 6.07) is 55.9. The van der Waals surface area contributed by atoms with Gasteiger partial charge in [0.25, 0.3) is 0 Å². The Kier molecular flexibility index (Phi) is 7.86. The van der Waals surface area contributed by atoms with E-state index in [9.17, 15) is 9.59 Å². The number of fused-ring (bicyclic) bond motifs is 6. The second kappa shape index (κ2) is 13.2. The highest BCUT2D eigenvalue weighted by Gasteiger charge is 2.26. The maximum absolute atomic E-state index is 14.0. The maximum Gasteiger partial charge on any atom is 0.343 e. The lowest BCUT2D eigenvalue weighted by atomic mass is 9.83. The first kappa shape index (κ1) is 33.3. The molecule has 0 aliphatic rings. The molecule has 0 bridgehead atoms. The molecule has 0 saturated carbocycles. The molecule has 10 aromatic rings. The van der Waals surface area contributed by atoms with Crippen molar-refractivity contribution in [1.82, 2.24) is 0 Å². The Hall–Kier alpha value is -7.30. The van der Waals surface area contributed by atoms with Crippen LogP contribution in [0.4, 0.5) is 0 Å². The number of benzene rings is 10. The molecular formula is C52H34O4. The van der Waals surface area contributed by atoms with Gasteiger partial charge in [-0.3, -0.25) is 0 Å². The van der Waals surface area contributed by atoms with Crippen molar-refractivity contribution in [2.24, 2.45) is 0 Å². The van der Waals surface area contributed by atoms with Gasteiger partial charge in [0.2, 0.25) is 0 Å². The van der Waals surface area contributed by atoms with E-state index in [2.05, 4.69) is 38.1 Å². The predicted octanol–water partition coefficient (Wildman–Crippen LogP) is 13.3. The van der Waals surface area contributed by atoms with E-state index in [1.165, 1.54) is 0 Å². The first-order valence-corrected chi connectivity index (χ1v) is 18.7.